The predicted octanol–water partition coefficient (Wildman–Crippen LogP) is 3.36. The Morgan fingerprint density at radius 2 is 1.88 bits per heavy atom. The first-order valence-electron chi connectivity index (χ1n) is 7.85. The van der Waals surface area contributed by atoms with Crippen molar-refractivity contribution in [2.24, 2.45) is 0 Å². The molecular formula is C18H19N3O3. The van der Waals surface area contributed by atoms with Crippen LogP contribution in [-0.4, -0.2) is 25.2 Å². The molecule has 124 valence electrons. The largest absolute Gasteiger partial charge is 0.444 e. The number of rotatable bonds is 4. The lowest BCUT2D eigenvalue weighted by atomic mass is 10.2. The van der Waals surface area contributed by atoms with Gasteiger partial charge in [-0.05, 0) is 36.2 Å². The zero-order valence-electron chi connectivity index (χ0n) is 13.2. The molecule has 1 aliphatic rings. The molecule has 6 heteroatoms. The highest BCUT2D eigenvalue weighted by atomic mass is 16.5. The highest BCUT2D eigenvalue weighted by Gasteiger charge is 2.18. The Bertz CT molecular complexity index is 701. The number of ether oxygens (including phenoxy) is 1. The smallest absolute Gasteiger partial charge is 0.411 e. The molecule has 1 saturated heterocycles. The van der Waals surface area contributed by atoms with Crippen molar-refractivity contribution in [2.75, 3.05) is 23.3 Å². The molecule has 1 fully saturated rings. The van der Waals surface area contributed by atoms with Crippen molar-refractivity contribution in [1.82, 2.24) is 5.32 Å². The van der Waals surface area contributed by atoms with Gasteiger partial charge in [0, 0.05) is 24.5 Å². The number of hydrogen-bond donors (Lipinski definition) is 2. The van der Waals surface area contributed by atoms with E-state index in [9.17, 15) is 9.59 Å². The Balaban J connectivity index is 1.54. The lowest BCUT2D eigenvalue weighted by molar-refractivity contribution is 0.155. The summed E-state index contributed by atoms with van der Waals surface area (Å²) in [5.41, 5.74) is 2.35. The molecule has 0 bridgehead atoms. The quantitative estimate of drug-likeness (QED) is 0.905. The minimum Gasteiger partial charge on any atom is -0.444 e. The Hall–Kier alpha value is -3.02. The maximum absolute atomic E-state index is 11.8. The molecule has 0 atom stereocenters. The summed E-state index contributed by atoms with van der Waals surface area (Å²) < 4.78 is 5.17. The van der Waals surface area contributed by atoms with Gasteiger partial charge in [0.15, 0.2) is 0 Å². The average Bonchev–Trinajstić information content (AvgIpc) is 2.62. The van der Waals surface area contributed by atoms with E-state index in [0.29, 0.717) is 18.8 Å². The van der Waals surface area contributed by atoms with Crippen LogP contribution in [0, 0.1) is 0 Å². The summed E-state index contributed by atoms with van der Waals surface area (Å²) in [4.78, 5) is 25.3. The van der Waals surface area contributed by atoms with Crippen molar-refractivity contribution in [1.29, 1.82) is 0 Å². The van der Waals surface area contributed by atoms with E-state index in [2.05, 4.69) is 10.6 Å². The number of hydrogen-bond acceptors (Lipinski definition) is 3. The van der Waals surface area contributed by atoms with E-state index in [4.69, 9.17) is 4.74 Å². The molecule has 24 heavy (non-hydrogen) atoms. The maximum Gasteiger partial charge on any atom is 0.411 e. The number of carbonyl (C=O) groups is 2. The third kappa shape index (κ3) is 4.04. The van der Waals surface area contributed by atoms with Crippen LogP contribution in [-0.2, 0) is 11.3 Å². The summed E-state index contributed by atoms with van der Waals surface area (Å²) in [7, 11) is 0. The molecule has 0 saturated carbocycles. The second kappa shape index (κ2) is 7.50. The van der Waals surface area contributed by atoms with Crippen LogP contribution in [0.2, 0.25) is 0 Å². The van der Waals surface area contributed by atoms with Gasteiger partial charge in [-0.25, -0.2) is 9.59 Å². The Labute approximate surface area is 140 Å². The molecule has 1 heterocycles. The lowest BCUT2D eigenvalue weighted by Crippen LogP contribution is -2.46. The molecule has 0 spiro atoms. The van der Waals surface area contributed by atoms with E-state index in [0.717, 1.165) is 17.7 Å². The van der Waals surface area contributed by atoms with Gasteiger partial charge in [-0.1, -0.05) is 30.3 Å². The van der Waals surface area contributed by atoms with Crippen molar-refractivity contribution < 1.29 is 14.3 Å². The molecular weight excluding hydrogens is 306 g/mol. The van der Waals surface area contributed by atoms with Crippen LogP contribution >= 0.6 is 0 Å². The zero-order valence-corrected chi connectivity index (χ0v) is 13.2. The van der Waals surface area contributed by atoms with E-state index in [1.807, 2.05) is 30.3 Å². The molecule has 0 aliphatic carbocycles. The predicted molar refractivity (Wildman–Crippen MR) is 92.1 cm³/mol. The molecule has 0 unspecified atom stereocenters. The van der Waals surface area contributed by atoms with Gasteiger partial charge < -0.3 is 10.1 Å². The van der Waals surface area contributed by atoms with Crippen LogP contribution in [0.15, 0.2) is 54.6 Å². The summed E-state index contributed by atoms with van der Waals surface area (Å²) in [5.74, 6) is 0. The van der Waals surface area contributed by atoms with Crippen molar-refractivity contribution >= 4 is 23.5 Å². The van der Waals surface area contributed by atoms with Gasteiger partial charge in [-0.15, -0.1) is 0 Å². The summed E-state index contributed by atoms with van der Waals surface area (Å²) in [6.45, 7) is 1.62. The van der Waals surface area contributed by atoms with Gasteiger partial charge in [0.1, 0.15) is 6.61 Å². The zero-order chi connectivity index (χ0) is 16.8. The molecule has 2 aromatic carbocycles. The first-order chi connectivity index (χ1) is 11.7. The SMILES string of the molecule is O=C(Nc1ccc(N2CCCNC2=O)cc1)OCc1ccccc1. The van der Waals surface area contributed by atoms with Crippen LogP contribution in [0.4, 0.5) is 21.0 Å². The number of nitrogens with one attached hydrogen (secondary N) is 2. The molecule has 0 radical (unpaired) electrons. The summed E-state index contributed by atoms with van der Waals surface area (Å²) >= 11 is 0. The average molecular weight is 325 g/mol. The Kier molecular flexibility index (Phi) is 4.96. The van der Waals surface area contributed by atoms with Gasteiger partial charge in [-0.2, -0.15) is 0 Å². The van der Waals surface area contributed by atoms with Crippen molar-refractivity contribution in [3.05, 3.63) is 60.2 Å². The molecule has 2 N–H and O–H groups in total. The molecule has 6 nitrogen and oxygen atoms in total. The maximum atomic E-state index is 11.8. The van der Waals surface area contributed by atoms with E-state index in [1.54, 1.807) is 29.2 Å². The van der Waals surface area contributed by atoms with Gasteiger partial charge in [-0.3, -0.25) is 10.2 Å². The highest BCUT2D eigenvalue weighted by molar-refractivity contribution is 5.93. The third-order valence-electron chi connectivity index (χ3n) is 3.72. The molecule has 3 rings (SSSR count). The van der Waals surface area contributed by atoms with Gasteiger partial charge in [0.2, 0.25) is 0 Å². The summed E-state index contributed by atoms with van der Waals surface area (Å²) in [6, 6.07) is 16.5. The Morgan fingerprint density at radius 1 is 1.12 bits per heavy atom. The fourth-order valence-electron chi connectivity index (χ4n) is 2.48. The first-order valence-corrected chi connectivity index (χ1v) is 7.85. The van der Waals surface area contributed by atoms with Gasteiger partial charge in [0.25, 0.3) is 0 Å². The monoisotopic (exact) mass is 325 g/mol. The third-order valence-corrected chi connectivity index (χ3v) is 3.72. The van der Waals surface area contributed by atoms with Crippen molar-refractivity contribution in [2.45, 2.75) is 13.0 Å². The lowest BCUT2D eigenvalue weighted by Gasteiger charge is -2.27. The summed E-state index contributed by atoms with van der Waals surface area (Å²) in [5, 5.41) is 5.48. The number of benzene rings is 2. The highest BCUT2D eigenvalue weighted by Crippen LogP contribution is 2.20. The van der Waals surface area contributed by atoms with E-state index in [1.165, 1.54) is 0 Å². The number of amides is 3. The van der Waals surface area contributed by atoms with Crippen LogP contribution in [0.3, 0.4) is 0 Å². The van der Waals surface area contributed by atoms with Crippen LogP contribution in [0.5, 0.6) is 0 Å². The standard InChI is InChI=1S/C18H19N3O3/c22-17-19-11-4-12-21(17)16-9-7-15(8-10-16)20-18(23)24-13-14-5-2-1-3-6-14/h1-3,5-10H,4,11-13H2,(H,19,22)(H,20,23). The number of anilines is 2. The molecule has 3 amide bonds. The van der Waals surface area contributed by atoms with Crippen LogP contribution in [0.25, 0.3) is 0 Å². The molecule has 2 aromatic rings. The van der Waals surface area contributed by atoms with E-state index < -0.39 is 6.09 Å². The fraction of sp³-hybridized carbons (Fsp3) is 0.222. The second-order valence-electron chi connectivity index (χ2n) is 5.47. The Morgan fingerprint density at radius 3 is 2.58 bits per heavy atom. The molecule has 0 aromatic heterocycles. The molecule has 1 aliphatic heterocycles. The van der Waals surface area contributed by atoms with Crippen LogP contribution < -0.4 is 15.5 Å². The van der Waals surface area contributed by atoms with Crippen molar-refractivity contribution in [3.8, 4) is 0 Å². The van der Waals surface area contributed by atoms with Gasteiger partial charge >= 0.3 is 12.1 Å². The minimum absolute atomic E-state index is 0.0933. The fourth-order valence-corrected chi connectivity index (χ4v) is 2.48. The van der Waals surface area contributed by atoms with Gasteiger partial charge in [0.05, 0.1) is 0 Å². The first kappa shape index (κ1) is 15.9. The number of carbonyl (C=O) groups excluding carboxylic acids is 2. The van der Waals surface area contributed by atoms with Crippen LogP contribution in [0.1, 0.15) is 12.0 Å². The van der Waals surface area contributed by atoms with Crippen molar-refractivity contribution in [3.63, 3.8) is 0 Å². The van der Waals surface area contributed by atoms with E-state index in [-0.39, 0.29) is 12.6 Å². The topological polar surface area (TPSA) is 70.7 Å². The number of urea groups is 1. The van der Waals surface area contributed by atoms with E-state index >= 15 is 0 Å². The minimum atomic E-state index is -0.512. The normalized spacial score (nSPS) is 14.0. The second-order valence-corrected chi connectivity index (χ2v) is 5.47. The summed E-state index contributed by atoms with van der Waals surface area (Å²) in [6.07, 6.45) is 0.402. The number of nitrogens with zero attached hydrogens (tertiary/aromatic N) is 1.